The van der Waals surface area contributed by atoms with Crippen molar-refractivity contribution in [2.24, 2.45) is 5.73 Å². The van der Waals surface area contributed by atoms with Crippen LogP contribution >= 0.6 is 11.6 Å². The van der Waals surface area contributed by atoms with Crippen molar-refractivity contribution >= 4 is 39.6 Å². The second-order valence-electron chi connectivity index (χ2n) is 7.18. The molecule has 32 heavy (non-hydrogen) atoms. The minimum absolute atomic E-state index is 0.0733. The Balaban J connectivity index is 1.55. The highest BCUT2D eigenvalue weighted by molar-refractivity contribution is 6.34. The maximum Gasteiger partial charge on any atom is 0.250 e. The van der Waals surface area contributed by atoms with Crippen LogP contribution < -0.4 is 10.5 Å². The molecule has 2 N–H and O–H groups in total. The summed E-state index contributed by atoms with van der Waals surface area (Å²) in [4.78, 5) is 16.0. The quantitative estimate of drug-likeness (QED) is 0.335. The summed E-state index contributed by atoms with van der Waals surface area (Å²) in [7, 11) is 0. The molecule has 0 saturated carbocycles. The van der Waals surface area contributed by atoms with Crippen molar-refractivity contribution in [2.75, 3.05) is 0 Å². The molecule has 1 amide bonds. The Morgan fingerprint density at radius 2 is 2.03 bits per heavy atom. The van der Waals surface area contributed by atoms with Crippen molar-refractivity contribution in [3.05, 3.63) is 88.0 Å². The van der Waals surface area contributed by atoms with Crippen LogP contribution in [-0.4, -0.2) is 25.9 Å². The third-order valence-electron chi connectivity index (χ3n) is 5.14. The fourth-order valence-electron chi connectivity index (χ4n) is 3.53. The van der Waals surface area contributed by atoms with E-state index in [-0.39, 0.29) is 22.6 Å². The number of pyridine rings is 2. The average molecular weight is 449 g/mol. The molecule has 10 heteroatoms. The van der Waals surface area contributed by atoms with Crippen molar-refractivity contribution in [2.45, 2.75) is 6.54 Å². The van der Waals surface area contributed by atoms with E-state index < -0.39 is 11.7 Å². The molecule has 0 aliphatic heterocycles. The van der Waals surface area contributed by atoms with Crippen molar-refractivity contribution in [3.8, 4) is 11.3 Å². The lowest BCUT2D eigenvalue weighted by Crippen LogP contribution is -2.26. The van der Waals surface area contributed by atoms with Crippen LogP contribution in [0, 0.1) is 11.0 Å². The minimum Gasteiger partial charge on any atom is -0.618 e. The van der Waals surface area contributed by atoms with Crippen LogP contribution in [0.2, 0.25) is 5.02 Å². The van der Waals surface area contributed by atoms with Gasteiger partial charge in [0.2, 0.25) is 11.4 Å². The van der Waals surface area contributed by atoms with Crippen molar-refractivity contribution < 1.29 is 13.9 Å². The lowest BCUT2D eigenvalue weighted by molar-refractivity contribution is -0.577. The summed E-state index contributed by atoms with van der Waals surface area (Å²) in [5, 5.41) is 20.9. The predicted octanol–water partition coefficient (Wildman–Crippen LogP) is 3.22. The number of primary amides is 1. The molecule has 0 fully saturated rings. The van der Waals surface area contributed by atoms with Crippen LogP contribution in [-0.2, 0) is 6.54 Å². The number of aromatic nitrogens is 5. The van der Waals surface area contributed by atoms with E-state index in [9.17, 15) is 14.4 Å². The first-order valence-electron chi connectivity index (χ1n) is 9.51. The van der Waals surface area contributed by atoms with Gasteiger partial charge in [0.15, 0.2) is 11.8 Å². The fourth-order valence-corrected chi connectivity index (χ4v) is 3.81. The van der Waals surface area contributed by atoms with E-state index in [0.717, 1.165) is 0 Å². The number of hydrogen-bond acceptors (Lipinski definition) is 5. The van der Waals surface area contributed by atoms with Gasteiger partial charge in [0.25, 0.3) is 0 Å². The number of carbonyl (C=O) groups is 1. The van der Waals surface area contributed by atoms with Crippen LogP contribution in [0.25, 0.3) is 33.3 Å². The topological polar surface area (TPSA) is 114 Å². The molecule has 5 aromatic rings. The Bertz CT molecular complexity index is 1530. The van der Waals surface area contributed by atoms with Gasteiger partial charge in [-0.1, -0.05) is 22.9 Å². The third kappa shape index (κ3) is 3.38. The number of halogens is 2. The highest BCUT2D eigenvalue weighted by atomic mass is 35.5. The zero-order chi connectivity index (χ0) is 22.4. The third-order valence-corrected chi connectivity index (χ3v) is 5.45. The number of carbonyl (C=O) groups excluding carboxylic acids is 1. The van der Waals surface area contributed by atoms with Crippen molar-refractivity contribution in [1.29, 1.82) is 0 Å². The molecule has 0 atom stereocenters. The molecule has 0 unspecified atom stereocenters. The maximum atomic E-state index is 14.7. The van der Waals surface area contributed by atoms with Crippen LogP contribution in [0.3, 0.4) is 0 Å². The number of nitrogens with two attached hydrogens (primary N) is 1. The van der Waals surface area contributed by atoms with E-state index >= 15 is 0 Å². The highest BCUT2D eigenvalue weighted by Crippen LogP contribution is 2.26. The van der Waals surface area contributed by atoms with Gasteiger partial charge in [-0.05, 0) is 36.4 Å². The van der Waals surface area contributed by atoms with Crippen molar-refractivity contribution in [3.63, 3.8) is 0 Å². The van der Waals surface area contributed by atoms with E-state index in [1.807, 2.05) is 0 Å². The fraction of sp³-hybridized carbons (Fsp3) is 0.0455. The molecule has 158 valence electrons. The van der Waals surface area contributed by atoms with Crippen LogP contribution in [0.1, 0.15) is 15.9 Å². The molecule has 3 heterocycles. The van der Waals surface area contributed by atoms with Gasteiger partial charge < -0.3 is 10.9 Å². The predicted molar refractivity (Wildman–Crippen MR) is 116 cm³/mol. The molecule has 2 aromatic carbocycles. The summed E-state index contributed by atoms with van der Waals surface area (Å²) in [5.41, 5.74) is 8.34. The van der Waals surface area contributed by atoms with Gasteiger partial charge in [0.1, 0.15) is 11.3 Å². The monoisotopic (exact) mass is 448 g/mol. The minimum atomic E-state index is -0.618. The summed E-state index contributed by atoms with van der Waals surface area (Å²) in [6.45, 7) is 0.0733. The van der Waals surface area contributed by atoms with Crippen LogP contribution in [0.5, 0.6) is 0 Å². The highest BCUT2D eigenvalue weighted by Gasteiger charge is 2.15. The zero-order valence-electron chi connectivity index (χ0n) is 16.4. The van der Waals surface area contributed by atoms with Gasteiger partial charge in [-0.2, -0.15) is 4.73 Å². The van der Waals surface area contributed by atoms with E-state index in [1.165, 1.54) is 23.0 Å². The van der Waals surface area contributed by atoms with E-state index in [1.54, 1.807) is 42.5 Å². The molecule has 8 nitrogen and oxygen atoms in total. The zero-order valence-corrected chi connectivity index (χ0v) is 17.1. The molecule has 0 radical (unpaired) electrons. The smallest absolute Gasteiger partial charge is 0.250 e. The normalized spacial score (nSPS) is 11.3. The second-order valence-corrected chi connectivity index (χ2v) is 7.59. The lowest BCUT2D eigenvalue weighted by atomic mass is 10.1. The molecule has 0 spiro atoms. The van der Waals surface area contributed by atoms with Gasteiger partial charge in [-0.25, -0.2) is 14.1 Å². The Labute approximate surface area is 185 Å². The molecule has 3 aromatic heterocycles. The maximum absolute atomic E-state index is 14.7. The summed E-state index contributed by atoms with van der Waals surface area (Å²) in [5.74, 6) is -1.14. The summed E-state index contributed by atoms with van der Waals surface area (Å²) < 4.78 is 16.8. The second kappa shape index (κ2) is 7.54. The molecule has 0 aliphatic carbocycles. The number of amides is 1. The molecule has 0 aliphatic rings. The Hall–Kier alpha value is -4.11. The van der Waals surface area contributed by atoms with E-state index in [0.29, 0.717) is 38.1 Å². The number of rotatable bonds is 4. The van der Waals surface area contributed by atoms with Gasteiger partial charge in [-0.3, -0.25) is 4.79 Å². The first-order valence-corrected chi connectivity index (χ1v) is 9.89. The largest absolute Gasteiger partial charge is 0.618 e. The molecule has 0 saturated heterocycles. The van der Waals surface area contributed by atoms with E-state index in [2.05, 4.69) is 15.3 Å². The van der Waals surface area contributed by atoms with E-state index in [4.69, 9.17) is 17.3 Å². The van der Waals surface area contributed by atoms with Gasteiger partial charge in [0, 0.05) is 28.6 Å². The summed E-state index contributed by atoms with van der Waals surface area (Å²) in [6, 6.07) is 14.5. The molecular weight excluding hydrogens is 435 g/mol. The molecular formula is C22H14ClFN6O2. The molecule has 0 bridgehead atoms. The standard InChI is InChI=1S/C22H14ClFN6O2/c23-16-9-12(3-4-15(16)21(25)31)18-5-6-19-22(26-18)29(28-27-19)11-14-8-13-2-1-7-30(32)20(13)10-17(14)24/h1-10H,11H2,(H2,25,31). The van der Waals surface area contributed by atoms with Crippen LogP contribution in [0.15, 0.2) is 60.8 Å². The van der Waals surface area contributed by atoms with Crippen LogP contribution in [0.4, 0.5) is 4.39 Å². The van der Waals surface area contributed by atoms with Gasteiger partial charge in [0.05, 0.1) is 22.8 Å². The van der Waals surface area contributed by atoms with Gasteiger partial charge in [-0.15, -0.1) is 5.10 Å². The number of benzene rings is 2. The number of fused-ring (bicyclic) bond motifs is 2. The Morgan fingerprint density at radius 1 is 1.19 bits per heavy atom. The first-order chi connectivity index (χ1) is 15.4. The molecule has 5 rings (SSSR count). The number of nitrogens with zero attached hydrogens (tertiary/aromatic N) is 5. The summed E-state index contributed by atoms with van der Waals surface area (Å²) >= 11 is 6.16. The van der Waals surface area contributed by atoms with Crippen molar-refractivity contribution in [1.82, 2.24) is 20.0 Å². The number of hydrogen-bond donors (Lipinski definition) is 1. The van der Waals surface area contributed by atoms with Gasteiger partial charge >= 0.3 is 0 Å². The first kappa shape index (κ1) is 19.8. The Morgan fingerprint density at radius 3 is 2.81 bits per heavy atom. The lowest BCUT2D eigenvalue weighted by Gasteiger charge is -2.08. The SMILES string of the molecule is NC(=O)c1ccc(-c2ccc3nnn(Cc4cc5ccc[n+]([O-])c5cc4F)c3n2)cc1Cl. The average Bonchev–Trinajstić information content (AvgIpc) is 3.17. The Kier molecular flexibility index (Phi) is 4.67. The summed E-state index contributed by atoms with van der Waals surface area (Å²) in [6.07, 6.45) is 1.32.